The number of rotatable bonds is 44. The summed E-state index contributed by atoms with van der Waals surface area (Å²) in [5.74, 6) is -8.46. The summed E-state index contributed by atoms with van der Waals surface area (Å²) in [6.07, 6.45) is 5.10. The topological polar surface area (TPSA) is 502 Å². The van der Waals surface area contributed by atoms with E-state index >= 15 is 9.59 Å². The molecule has 2 fully saturated rings. The molecule has 107 heavy (non-hydrogen) atoms. The molecule has 22 N–H and O–H groups in total. The number of amides is 12. The van der Waals surface area contributed by atoms with E-state index in [1.54, 1.807) is 30.3 Å². The van der Waals surface area contributed by atoms with Crippen LogP contribution in [0, 0.1) is 5.92 Å². The molecule has 1 aliphatic carbocycles. The minimum Gasteiger partial charge on any atom is -0.370 e. The lowest BCUT2D eigenvalue weighted by Gasteiger charge is -2.32. The number of benzene rings is 4. The number of aliphatic imine (C=N–C) groups is 1. The Morgan fingerprint density at radius 3 is 1.64 bits per heavy atom. The van der Waals surface area contributed by atoms with Gasteiger partial charge in [-0.05, 0) is 160 Å². The molecule has 7 rings (SSSR count). The Kier molecular flexibility index (Phi) is 33.6. The van der Waals surface area contributed by atoms with Crippen molar-refractivity contribution in [2.24, 2.45) is 51.0 Å². The second-order valence-electron chi connectivity index (χ2n) is 28.4. The van der Waals surface area contributed by atoms with Gasteiger partial charge in [-0.2, -0.15) is 11.8 Å². The van der Waals surface area contributed by atoms with Crippen LogP contribution < -0.4 is 82.7 Å². The number of nitrogens with two attached hydrogens (primary N) is 7. The zero-order valence-corrected chi connectivity index (χ0v) is 62.4. The lowest BCUT2D eigenvalue weighted by molar-refractivity contribution is -0.144. The molecular formula is C76H110N18O12S. The van der Waals surface area contributed by atoms with Gasteiger partial charge in [0, 0.05) is 57.4 Å². The van der Waals surface area contributed by atoms with E-state index in [1.165, 1.54) is 21.6 Å². The molecule has 0 spiro atoms. The van der Waals surface area contributed by atoms with Gasteiger partial charge in [0.1, 0.15) is 48.3 Å². The van der Waals surface area contributed by atoms with E-state index in [4.69, 9.17) is 40.1 Å². The third kappa shape index (κ3) is 26.0. The van der Waals surface area contributed by atoms with Gasteiger partial charge in [0.2, 0.25) is 70.9 Å². The van der Waals surface area contributed by atoms with E-state index in [0.29, 0.717) is 69.2 Å². The van der Waals surface area contributed by atoms with Crippen LogP contribution in [0.3, 0.4) is 0 Å². The molecule has 30 nitrogen and oxygen atoms in total. The standard InChI is InChI=1S/C76H110N18O12S/c1-45(2)39-59(70(101)87-55(66(81)97)33-38-107-3)92-73(104)65(52-28-27-50-42-48-21-10-11-22-49(48)43-53(50)52)85-44-51(40-46-17-6-4-7-18-46)86-69(100)60(41-47-19-8-5-9-20-47)91-68(99)56(29-31-63(79)95)88-67(98)57(30-32-64(80)96)89-71(102)62-26-16-37-94(62)75(106)58(24-12-13-34-77)90-72(103)61-25-15-36-93(61)74(105)54(78)23-14-35-84-76(82)83/h4-11,17-22,42-43,45,51-52,54-62,65,85H,12-16,23-41,44,77-78H2,1-3H3,(H2,79,95)(H2,80,96)(H2,81,97)(H,86,100)(H,87,101)(H,88,98)(H,89,102)(H,90,103)(H,91,99)(H,92,104)(H4,82,83,84)/t51-,52-,54-,55-,56-,57-,58-,59-,60-,61-,62-,65-/m0/s1. The number of thioether (sulfide) groups is 1. The number of carbonyl (C=O) groups excluding carboxylic acids is 12. The van der Waals surface area contributed by atoms with Crippen LogP contribution in [-0.4, -0.2) is 198 Å². The lowest BCUT2D eigenvalue weighted by Crippen LogP contribution is -2.60. The fraction of sp³-hybridized carbons (Fsp3) is 0.539. The molecule has 0 bridgehead atoms. The van der Waals surface area contributed by atoms with Crippen molar-refractivity contribution in [1.82, 2.24) is 52.3 Å². The summed E-state index contributed by atoms with van der Waals surface area (Å²) in [6.45, 7) is 4.70. The van der Waals surface area contributed by atoms with Crippen molar-refractivity contribution in [1.29, 1.82) is 0 Å². The van der Waals surface area contributed by atoms with Crippen LogP contribution in [0.15, 0.2) is 102 Å². The average molecular weight is 1500 g/mol. The van der Waals surface area contributed by atoms with E-state index < -0.39 is 156 Å². The summed E-state index contributed by atoms with van der Waals surface area (Å²) in [4.78, 5) is 176. The number of guanidine groups is 1. The summed E-state index contributed by atoms with van der Waals surface area (Å²) < 4.78 is 0. The Labute approximate surface area is 629 Å². The second kappa shape index (κ2) is 42.6. The molecule has 4 aromatic carbocycles. The minimum atomic E-state index is -1.60. The zero-order valence-electron chi connectivity index (χ0n) is 61.6. The Balaban J connectivity index is 1.12. The summed E-state index contributed by atoms with van der Waals surface area (Å²) in [7, 11) is 0. The number of primary amides is 3. The van der Waals surface area contributed by atoms with Crippen molar-refractivity contribution in [2.75, 3.05) is 44.7 Å². The van der Waals surface area contributed by atoms with Gasteiger partial charge in [-0.25, -0.2) is 0 Å². The molecule has 2 saturated heterocycles. The highest BCUT2D eigenvalue weighted by molar-refractivity contribution is 7.98. The Morgan fingerprint density at radius 2 is 1.07 bits per heavy atom. The Bertz CT molecular complexity index is 3740. The highest BCUT2D eigenvalue weighted by Gasteiger charge is 2.43. The number of nitrogens with one attached hydrogen (secondary N) is 8. The molecule has 582 valence electrons. The smallest absolute Gasteiger partial charge is 0.245 e. The monoisotopic (exact) mass is 1500 g/mol. The van der Waals surface area contributed by atoms with Gasteiger partial charge in [-0.1, -0.05) is 111 Å². The fourth-order valence-electron chi connectivity index (χ4n) is 14.2. The van der Waals surface area contributed by atoms with Crippen molar-refractivity contribution >= 4 is 99.4 Å². The summed E-state index contributed by atoms with van der Waals surface area (Å²) in [5, 5.41) is 25.5. The summed E-state index contributed by atoms with van der Waals surface area (Å²) in [5.41, 5.74) is 43.5. The Morgan fingerprint density at radius 1 is 0.542 bits per heavy atom. The van der Waals surface area contributed by atoms with Crippen LogP contribution >= 0.6 is 11.8 Å². The molecule has 3 aliphatic rings. The number of unbranched alkanes of at least 4 members (excludes halogenated alkanes) is 1. The normalized spacial score (nSPS) is 17.9. The SMILES string of the molecule is CSCC[C@H](NC(=O)[C@H](CC(C)C)NC(=O)[C@@H](NC[C@H](Cc1ccccc1)NC(=O)[C@H](Cc1ccccc1)NC(=O)[C@H](CCC(N)=O)NC(=O)[C@H](CCC(N)=O)NC(=O)[C@@H]1CCCN1C(=O)[C@H](CCCCN)NC(=O)[C@@H]1CCCN1C(=O)[C@@H](N)CCCN=C(N)N)[C@H]1CCc2cc3ccccc3cc21)C(N)=O. The molecule has 4 aromatic rings. The Hall–Kier alpha value is -9.72. The maximum Gasteiger partial charge on any atom is 0.245 e. The number of nitrogens with zero attached hydrogens (tertiary/aromatic N) is 3. The van der Waals surface area contributed by atoms with Crippen LogP contribution in [0.2, 0.25) is 0 Å². The molecule has 12 amide bonds. The average Bonchev–Trinajstić information content (AvgIpc) is 1.66. The first-order valence-corrected chi connectivity index (χ1v) is 38.6. The number of likely N-dealkylation sites (tertiary alicyclic amines) is 2. The first kappa shape index (κ1) is 84.5. The number of hydrogen-bond donors (Lipinski definition) is 15. The predicted molar refractivity (Wildman–Crippen MR) is 409 cm³/mol. The highest BCUT2D eigenvalue weighted by atomic mass is 32.2. The molecule has 2 heterocycles. The van der Waals surface area contributed by atoms with Crippen LogP contribution in [0.25, 0.3) is 10.8 Å². The van der Waals surface area contributed by atoms with Crippen LogP contribution in [0.1, 0.15) is 145 Å². The summed E-state index contributed by atoms with van der Waals surface area (Å²) >= 11 is 1.49. The molecular weight excluding hydrogens is 1390 g/mol. The zero-order chi connectivity index (χ0) is 77.7. The molecule has 0 unspecified atom stereocenters. The first-order chi connectivity index (χ1) is 51.2. The maximum absolute atomic E-state index is 15.3. The van der Waals surface area contributed by atoms with Gasteiger partial charge in [-0.3, -0.25) is 62.5 Å². The van der Waals surface area contributed by atoms with Crippen LogP contribution in [-0.2, 0) is 76.8 Å². The van der Waals surface area contributed by atoms with Gasteiger partial charge in [0.25, 0.3) is 0 Å². The second-order valence-corrected chi connectivity index (χ2v) is 29.4. The maximum atomic E-state index is 15.3. The van der Waals surface area contributed by atoms with Crippen molar-refractivity contribution in [3.63, 3.8) is 0 Å². The van der Waals surface area contributed by atoms with Crippen LogP contribution in [0.5, 0.6) is 0 Å². The molecule has 0 radical (unpaired) electrons. The van der Waals surface area contributed by atoms with Crippen molar-refractivity contribution < 1.29 is 57.5 Å². The van der Waals surface area contributed by atoms with Crippen molar-refractivity contribution in [3.8, 4) is 0 Å². The molecule has 0 aromatic heterocycles. The number of hydrogen-bond acceptors (Lipinski definition) is 17. The van der Waals surface area contributed by atoms with Gasteiger partial charge in [0.15, 0.2) is 5.96 Å². The van der Waals surface area contributed by atoms with E-state index in [-0.39, 0.29) is 95.8 Å². The number of carbonyl (C=O) groups is 12. The van der Waals surface area contributed by atoms with E-state index in [1.807, 2.05) is 74.7 Å². The van der Waals surface area contributed by atoms with Crippen molar-refractivity contribution in [3.05, 3.63) is 119 Å². The quantitative estimate of drug-likeness (QED) is 0.0158. The van der Waals surface area contributed by atoms with Crippen LogP contribution in [0.4, 0.5) is 0 Å². The van der Waals surface area contributed by atoms with Gasteiger partial charge < -0.3 is 92.5 Å². The summed E-state index contributed by atoms with van der Waals surface area (Å²) in [6, 6.07) is 17.7. The highest BCUT2D eigenvalue weighted by Crippen LogP contribution is 2.38. The molecule has 0 saturated carbocycles. The lowest BCUT2D eigenvalue weighted by atomic mass is 9.90. The number of fused-ring (bicyclic) bond motifs is 2. The van der Waals surface area contributed by atoms with Gasteiger partial charge in [-0.15, -0.1) is 0 Å². The van der Waals surface area contributed by atoms with Crippen molar-refractivity contribution in [2.45, 2.75) is 208 Å². The van der Waals surface area contributed by atoms with Gasteiger partial charge >= 0.3 is 0 Å². The molecule has 12 atom stereocenters. The third-order valence-electron chi connectivity index (χ3n) is 19.7. The van der Waals surface area contributed by atoms with E-state index in [9.17, 15) is 47.9 Å². The first-order valence-electron chi connectivity index (χ1n) is 37.2. The number of aryl methyl sites for hydroxylation is 1. The van der Waals surface area contributed by atoms with Gasteiger partial charge in [0.05, 0.1) is 12.1 Å². The minimum absolute atomic E-state index is 0.0256. The van der Waals surface area contributed by atoms with E-state index in [0.717, 1.165) is 27.5 Å². The molecule has 2 aliphatic heterocycles. The predicted octanol–water partition coefficient (Wildman–Crippen LogP) is 0.0142. The molecule has 31 heteroatoms. The van der Waals surface area contributed by atoms with E-state index in [2.05, 4.69) is 59.7 Å². The third-order valence-corrected chi connectivity index (χ3v) is 20.4. The largest absolute Gasteiger partial charge is 0.370 e. The fourth-order valence-corrected chi connectivity index (χ4v) is 14.6.